The molecule has 1 heterocycles. The Morgan fingerprint density at radius 1 is 1.26 bits per heavy atom. The molecule has 2 aromatic rings. The molecule has 0 bridgehead atoms. The second-order valence-corrected chi connectivity index (χ2v) is 7.21. The largest absolute Gasteiger partial charge is 0.363 e. The number of anilines is 1. The Kier molecular flexibility index (Phi) is 6.56. The third-order valence-corrected chi connectivity index (χ3v) is 5.37. The summed E-state index contributed by atoms with van der Waals surface area (Å²) in [6.45, 7) is 4.56. The fourth-order valence-electron chi connectivity index (χ4n) is 3.22. The van der Waals surface area contributed by atoms with Crippen molar-refractivity contribution in [3.8, 4) is 6.07 Å². The van der Waals surface area contributed by atoms with Crippen LogP contribution in [0, 0.1) is 17.1 Å². The lowest BCUT2D eigenvalue weighted by Gasteiger charge is -2.40. The lowest BCUT2D eigenvalue weighted by Crippen LogP contribution is -2.48. The summed E-state index contributed by atoms with van der Waals surface area (Å²) < 4.78 is 13.8. The Bertz CT molecular complexity index is 856. The maximum Gasteiger partial charge on any atom is 0.123 e. The van der Waals surface area contributed by atoms with E-state index in [9.17, 15) is 4.39 Å². The van der Waals surface area contributed by atoms with Gasteiger partial charge in [-0.3, -0.25) is 4.84 Å². The number of rotatable bonds is 5. The maximum atomic E-state index is 13.8. The van der Waals surface area contributed by atoms with Gasteiger partial charge in [0.05, 0.1) is 17.2 Å². The Balaban J connectivity index is 1.97. The van der Waals surface area contributed by atoms with Crippen molar-refractivity contribution in [2.24, 2.45) is 0 Å². The van der Waals surface area contributed by atoms with Gasteiger partial charge in [0.15, 0.2) is 0 Å². The lowest BCUT2D eigenvalue weighted by atomic mass is 10.1. The Morgan fingerprint density at radius 2 is 2.07 bits per heavy atom. The Hall–Kier alpha value is -1.84. The molecule has 0 N–H and O–H groups in total. The Morgan fingerprint density at radius 3 is 2.78 bits per heavy atom. The molecule has 27 heavy (non-hydrogen) atoms. The number of likely N-dealkylation sites (N-methyl/N-ethyl adjacent to an activating group) is 1. The highest BCUT2D eigenvalue weighted by atomic mass is 35.5. The zero-order valence-corrected chi connectivity index (χ0v) is 16.5. The van der Waals surface area contributed by atoms with Crippen LogP contribution in [0.4, 0.5) is 10.1 Å². The highest BCUT2D eigenvalue weighted by Crippen LogP contribution is 2.30. The molecule has 1 aliphatic rings. The first-order valence-corrected chi connectivity index (χ1v) is 9.55. The summed E-state index contributed by atoms with van der Waals surface area (Å²) in [5.74, 6) is -0.325. The van der Waals surface area contributed by atoms with Crippen LogP contribution in [0.2, 0.25) is 10.0 Å². The van der Waals surface area contributed by atoms with E-state index in [1.165, 1.54) is 12.1 Å². The molecule has 2 aromatic carbocycles. The molecule has 1 aliphatic heterocycles. The molecule has 0 radical (unpaired) electrons. The van der Waals surface area contributed by atoms with Crippen LogP contribution in [0.3, 0.4) is 0 Å². The predicted molar refractivity (Wildman–Crippen MR) is 105 cm³/mol. The third kappa shape index (κ3) is 4.72. The number of nitrogens with zero attached hydrogens (tertiary/aromatic N) is 3. The summed E-state index contributed by atoms with van der Waals surface area (Å²) in [5, 5.41) is 12.0. The molecule has 1 fully saturated rings. The van der Waals surface area contributed by atoms with Gasteiger partial charge in [0.2, 0.25) is 0 Å². The van der Waals surface area contributed by atoms with E-state index in [4.69, 9.17) is 33.3 Å². The van der Waals surface area contributed by atoms with Crippen LogP contribution in [0.5, 0.6) is 0 Å². The van der Waals surface area contributed by atoms with Gasteiger partial charge >= 0.3 is 0 Å². The molecule has 0 aromatic heterocycles. The van der Waals surface area contributed by atoms with Crippen molar-refractivity contribution < 1.29 is 9.23 Å². The third-order valence-electron chi connectivity index (χ3n) is 4.69. The van der Waals surface area contributed by atoms with Gasteiger partial charge in [-0.05, 0) is 48.4 Å². The zero-order valence-electron chi connectivity index (χ0n) is 15.0. The van der Waals surface area contributed by atoms with Crippen molar-refractivity contribution in [1.29, 1.82) is 5.26 Å². The molecule has 0 aliphatic carbocycles. The molecule has 3 rings (SSSR count). The highest BCUT2D eigenvalue weighted by Gasteiger charge is 2.27. The van der Waals surface area contributed by atoms with Crippen LogP contribution in [0.25, 0.3) is 0 Å². The number of benzene rings is 2. The van der Waals surface area contributed by atoms with Crippen LogP contribution >= 0.6 is 23.2 Å². The van der Waals surface area contributed by atoms with Gasteiger partial charge in [-0.25, -0.2) is 4.39 Å². The van der Waals surface area contributed by atoms with Gasteiger partial charge in [0.1, 0.15) is 11.9 Å². The van der Waals surface area contributed by atoms with E-state index < -0.39 is 0 Å². The van der Waals surface area contributed by atoms with Crippen LogP contribution in [0.15, 0.2) is 36.4 Å². The molecule has 7 heteroatoms. The molecular weight excluding hydrogens is 388 g/mol. The minimum atomic E-state index is -0.325. The Labute approximate surface area is 168 Å². The summed E-state index contributed by atoms with van der Waals surface area (Å²) in [6, 6.07) is 11.9. The maximum absolute atomic E-state index is 13.8. The molecule has 1 atom stereocenters. The van der Waals surface area contributed by atoms with E-state index >= 15 is 0 Å². The first kappa shape index (κ1) is 19.9. The molecule has 0 saturated carbocycles. The predicted octanol–water partition coefficient (Wildman–Crippen LogP) is 5.04. The smallest absolute Gasteiger partial charge is 0.123 e. The average molecular weight is 408 g/mol. The zero-order chi connectivity index (χ0) is 19.4. The molecule has 0 unspecified atom stereocenters. The SMILES string of the molecule is CCN1C[C@@H](N(Cc2cc(F)ccc2Cl)c2ccc(C#N)c(Cl)c2)CCO1. The van der Waals surface area contributed by atoms with Crippen molar-refractivity contribution in [3.05, 3.63) is 63.4 Å². The normalized spacial score (nSPS) is 17.5. The van der Waals surface area contributed by atoms with E-state index in [0.29, 0.717) is 40.9 Å². The monoisotopic (exact) mass is 407 g/mol. The number of halogens is 3. The van der Waals surface area contributed by atoms with Crippen LogP contribution in [-0.4, -0.2) is 30.8 Å². The summed E-state index contributed by atoms with van der Waals surface area (Å²) in [4.78, 5) is 7.80. The van der Waals surface area contributed by atoms with Crippen LogP contribution in [0.1, 0.15) is 24.5 Å². The summed E-state index contributed by atoms with van der Waals surface area (Å²) in [7, 11) is 0. The van der Waals surface area contributed by atoms with Gasteiger partial charge in [-0.1, -0.05) is 30.1 Å². The van der Waals surface area contributed by atoms with Gasteiger partial charge in [0, 0.05) is 36.4 Å². The molecule has 142 valence electrons. The minimum absolute atomic E-state index is 0.141. The summed E-state index contributed by atoms with van der Waals surface area (Å²) in [5.41, 5.74) is 1.99. The minimum Gasteiger partial charge on any atom is -0.363 e. The first-order valence-electron chi connectivity index (χ1n) is 8.80. The number of nitriles is 1. The van der Waals surface area contributed by atoms with E-state index in [0.717, 1.165) is 18.7 Å². The fourth-order valence-corrected chi connectivity index (χ4v) is 3.62. The van der Waals surface area contributed by atoms with Crippen molar-refractivity contribution in [2.75, 3.05) is 24.6 Å². The molecule has 0 amide bonds. The second kappa shape index (κ2) is 8.90. The van der Waals surface area contributed by atoms with Gasteiger partial charge < -0.3 is 4.90 Å². The molecule has 4 nitrogen and oxygen atoms in total. The summed E-state index contributed by atoms with van der Waals surface area (Å²) in [6.07, 6.45) is 0.820. The molecular formula is C20H20Cl2FN3O. The van der Waals surface area contributed by atoms with Crippen molar-refractivity contribution in [1.82, 2.24) is 5.06 Å². The van der Waals surface area contributed by atoms with Crippen LogP contribution in [-0.2, 0) is 11.4 Å². The van der Waals surface area contributed by atoms with E-state index in [1.807, 2.05) is 18.1 Å². The van der Waals surface area contributed by atoms with Gasteiger partial charge in [-0.15, -0.1) is 0 Å². The van der Waals surface area contributed by atoms with Gasteiger partial charge in [-0.2, -0.15) is 10.3 Å². The second-order valence-electron chi connectivity index (χ2n) is 6.40. The van der Waals surface area contributed by atoms with Crippen molar-refractivity contribution in [2.45, 2.75) is 25.9 Å². The van der Waals surface area contributed by atoms with Gasteiger partial charge in [0.25, 0.3) is 0 Å². The summed E-state index contributed by atoms with van der Waals surface area (Å²) >= 11 is 12.6. The first-order chi connectivity index (χ1) is 13.0. The molecule has 1 saturated heterocycles. The molecule has 0 spiro atoms. The van der Waals surface area contributed by atoms with E-state index in [1.54, 1.807) is 18.2 Å². The van der Waals surface area contributed by atoms with E-state index in [2.05, 4.69) is 11.0 Å². The standard InChI is InChI=1S/C20H20Cl2FN3O/c1-2-25-13-18(7-8-27-25)26(12-15-9-16(23)4-6-19(15)21)17-5-3-14(11-24)20(22)10-17/h3-6,9-10,18H,2,7-8,12-13H2,1H3/t18-/m0/s1. The van der Waals surface area contributed by atoms with Crippen LogP contribution < -0.4 is 4.90 Å². The quantitative estimate of drug-likeness (QED) is 0.695. The number of hydrogen-bond acceptors (Lipinski definition) is 4. The number of hydroxylamine groups is 2. The van der Waals surface area contributed by atoms with Crippen molar-refractivity contribution in [3.63, 3.8) is 0 Å². The van der Waals surface area contributed by atoms with Crippen molar-refractivity contribution >= 4 is 28.9 Å². The topological polar surface area (TPSA) is 39.5 Å². The average Bonchev–Trinajstić information content (AvgIpc) is 2.68. The fraction of sp³-hybridized carbons (Fsp3) is 0.350. The lowest BCUT2D eigenvalue weighted by molar-refractivity contribution is -0.182. The highest BCUT2D eigenvalue weighted by molar-refractivity contribution is 6.32. The number of hydrogen-bond donors (Lipinski definition) is 0. The van der Waals surface area contributed by atoms with E-state index in [-0.39, 0.29) is 11.9 Å².